The second-order valence-electron chi connectivity index (χ2n) is 5.66. The first-order valence-corrected chi connectivity index (χ1v) is 8.59. The highest BCUT2D eigenvalue weighted by Crippen LogP contribution is 2.37. The maximum absolute atomic E-state index is 9.53. The molecular weight excluding hydrogens is 340 g/mol. The summed E-state index contributed by atoms with van der Waals surface area (Å²) in [5, 5.41) is 22.6. The Morgan fingerprint density at radius 3 is 2.41 bits per heavy atom. The molecule has 3 aromatic rings. The molecule has 6 heteroatoms. The molecule has 1 N–H and O–H groups in total. The number of nitriles is 2. The summed E-state index contributed by atoms with van der Waals surface area (Å²) < 4.78 is 11.4. The molecule has 3 rings (SSSR count). The monoisotopic (exact) mass is 358 g/mol. The van der Waals surface area contributed by atoms with Crippen LogP contribution in [0.2, 0.25) is 0 Å². The summed E-state index contributed by atoms with van der Waals surface area (Å²) in [6, 6.07) is 15.0. The third-order valence-corrected chi connectivity index (χ3v) is 3.91. The predicted octanol–water partition coefficient (Wildman–Crippen LogP) is 4.52. The summed E-state index contributed by atoms with van der Waals surface area (Å²) in [6.07, 6.45) is 1.52. The summed E-state index contributed by atoms with van der Waals surface area (Å²) in [4.78, 5) is 4.38. The molecule has 0 radical (unpaired) electrons. The molecule has 2 aromatic carbocycles. The van der Waals surface area contributed by atoms with Crippen LogP contribution in [-0.2, 0) is 0 Å². The molecule has 0 bridgehead atoms. The van der Waals surface area contributed by atoms with Crippen LogP contribution in [0.4, 0.5) is 11.4 Å². The van der Waals surface area contributed by atoms with Gasteiger partial charge in [-0.3, -0.25) is 4.98 Å². The lowest BCUT2D eigenvalue weighted by Crippen LogP contribution is -2.01. The van der Waals surface area contributed by atoms with Crippen LogP contribution in [0.5, 0.6) is 11.5 Å². The Morgan fingerprint density at radius 1 is 1.00 bits per heavy atom. The zero-order chi connectivity index (χ0) is 19.2. The van der Waals surface area contributed by atoms with E-state index in [4.69, 9.17) is 14.7 Å². The highest BCUT2D eigenvalue weighted by Gasteiger charge is 2.14. The number of rotatable bonds is 6. The van der Waals surface area contributed by atoms with Crippen LogP contribution < -0.4 is 14.8 Å². The molecule has 0 saturated heterocycles. The summed E-state index contributed by atoms with van der Waals surface area (Å²) in [7, 11) is 0. The van der Waals surface area contributed by atoms with Gasteiger partial charge in [-0.2, -0.15) is 10.5 Å². The number of aromatic nitrogens is 1. The van der Waals surface area contributed by atoms with Crippen LogP contribution in [0, 0.1) is 22.7 Å². The fourth-order valence-electron chi connectivity index (χ4n) is 2.77. The topological polar surface area (TPSA) is 91.0 Å². The molecule has 134 valence electrons. The van der Waals surface area contributed by atoms with Gasteiger partial charge >= 0.3 is 0 Å². The number of fused-ring (bicyclic) bond motifs is 1. The van der Waals surface area contributed by atoms with Gasteiger partial charge in [-0.15, -0.1) is 0 Å². The van der Waals surface area contributed by atoms with Crippen LogP contribution in [-0.4, -0.2) is 18.2 Å². The summed E-state index contributed by atoms with van der Waals surface area (Å²) in [6.45, 7) is 4.80. The molecule has 0 atom stereocenters. The van der Waals surface area contributed by atoms with Crippen molar-refractivity contribution in [2.75, 3.05) is 18.5 Å². The standard InChI is InChI=1S/C21H18N4O2/c1-3-26-19-9-17-18(10-20(19)27-4-2)24-13-15(12-23)21(17)25-16-7-5-6-14(8-16)11-22/h5-10,13H,3-4H2,1-2H3,(H,24,25). The molecular formula is C21H18N4O2. The van der Waals surface area contributed by atoms with E-state index >= 15 is 0 Å². The first-order chi connectivity index (χ1) is 13.2. The number of nitrogens with one attached hydrogen (secondary N) is 1. The van der Waals surface area contributed by atoms with Crippen molar-refractivity contribution in [3.05, 3.63) is 53.7 Å². The molecule has 0 fully saturated rings. The zero-order valence-electron chi connectivity index (χ0n) is 15.1. The lowest BCUT2D eigenvalue weighted by molar-refractivity contribution is 0.288. The van der Waals surface area contributed by atoms with E-state index < -0.39 is 0 Å². The number of ether oxygens (including phenoxy) is 2. The Morgan fingerprint density at radius 2 is 1.74 bits per heavy atom. The van der Waals surface area contributed by atoms with Gasteiger partial charge in [0.2, 0.25) is 0 Å². The highest BCUT2D eigenvalue weighted by atomic mass is 16.5. The molecule has 0 amide bonds. The van der Waals surface area contributed by atoms with Crippen LogP contribution in [0.15, 0.2) is 42.6 Å². The van der Waals surface area contributed by atoms with E-state index in [2.05, 4.69) is 22.4 Å². The quantitative estimate of drug-likeness (QED) is 0.696. The van der Waals surface area contributed by atoms with Crippen LogP contribution in [0.1, 0.15) is 25.0 Å². The first kappa shape index (κ1) is 18.0. The average Bonchev–Trinajstić information content (AvgIpc) is 2.69. The molecule has 6 nitrogen and oxygen atoms in total. The summed E-state index contributed by atoms with van der Waals surface area (Å²) in [5.74, 6) is 1.21. The van der Waals surface area contributed by atoms with Crippen molar-refractivity contribution in [1.82, 2.24) is 4.98 Å². The molecule has 0 aliphatic heterocycles. The van der Waals surface area contributed by atoms with E-state index in [9.17, 15) is 5.26 Å². The Balaban J connectivity index is 2.18. The molecule has 0 unspecified atom stereocenters. The van der Waals surface area contributed by atoms with Crippen molar-refractivity contribution >= 4 is 22.3 Å². The van der Waals surface area contributed by atoms with E-state index in [1.165, 1.54) is 6.20 Å². The largest absolute Gasteiger partial charge is 0.490 e. The van der Waals surface area contributed by atoms with Gasteiger partial charge in [-0.05, 0) is 38.1 Å². The van der Waals surface area contributed by atoms with Gasteiger partial charge in [-0.25, -0.2) is 0 Å². The number of hydrogen-bond donors (Lipinski definition) is 1. The Hall–Kier alpha value is -3.77. The lowest BCUT2D eigenvalue weighted by atomic mass is 10.1. The van der Waals surface area contributed by atoms with Crippen LogP contribution in [0.3, 0.4) is 0 Å². The van der Waals surface area contributed by atoms with E-state index in [0.29, 0.717) is 52.7 Å². The van der Waals surface area contributed by atoms with Gasteiger partial charge in [-0.1, -0.05) is 6.07 Å². The minimum Gasteiger partial charge on any atom is -0.490 e. The molecule has 0 spiro atoms. The van der Waals surface area contributed by atoms with Gasteiger partial charge in [0, 0.05) is 23.3 Å². The molecule has 27 heavy (non-hydrogen) atoms. The van der Waals surface area contributed by atoms with Gasteiger partial charge in [0.05, 0.1) is 41.6 Å². The minimum absolute atomic E-state index is 0.400. The lowest BCUT2D eigenvalue weighted by Gasteiger charge is -2.15. The molecule has 0 saturated carbocycles. The third-order valence-electron chi connectivity index (χ3n) is 3.91. The normalized spacial score (nSPS) is 10.1. The fraction of sp³-hybridized carbons (Fsp3) is 0.190. The van der Waals surface area contributed by atoms with E-state index in [1.54, 1.807) is 18.2 Å². The van der Waals surface area contributed by atoms with Gasteiger partial charge < -0.3 is 14.8 Å². The maximum atomic E-state index is 9.53. The second kappa shape index (κ2) is 8.07. The number of nitrogens with zero attached hydrogens (tertiary/aromatic N) is 3. The smallest absolute Gasteiger partial charge is 0.163 e. The predicted molar refractivity (Wildman–Crippen MR) is 103 cm³/mol. The number of anilines is 2. The van der Waals surface area contributed by atoms with Crippen molar-refractivity contribution < 1.29 is 9.47 Å². The van der Waals surface area contributed by atoms with Crippen LogP contribution in [0.25, 0.3) is 10.9 Å². The van der Waals surface area contributed by atoms with Gasteiger partial charge in [0.25, 0.3) is 0 Å². The molecule has 0 aliphatic rings. The number of pyridine rings is 1. The number of benzene rings is 2. The zero-order valence-corrected chi connectivity index (χ0v) is 15.1. The minimum atomic E-state index is 0.400. The van der Waals surface area contributed by atoms with E-state index in [-0.39, 0.29) is 0 Å². The Labute approximate surface area is 157 Å². The molecule has 0 aliphatic carbocycles. The highest BCUT2D eigenvalue weighted by molar-refractivity contribution is 5.97. The van der Waals surface area contributed by atoms with E-state index in [1.807, 2.05) is 32.0 Å². The number of hydrogen-bond acceptors (Lipinski definition) is 6. The average molecular weight is 358 g/mol. The van der Waals surface area contributed by atoms with Crippen molar-refractivity contribution in [1.29, 1.82) is 10.5 Å². The Kier molecular flexibility index (Phi) is 5.39. The third kappa shape index (κ3) is 3.75. The molecule has 1 aromatic heterocycles. The van der Waals surface area contributed by atoms with Crippen LogP contribution >= 0.6 is 0 Å². The van der Waals surface area contributed by atoms with Crippen molar-refractivity contribution in [2.45, 2.75) is 13.8 Å². The van der Waals surface area contributed by atoms with Crippen molar-refractivity contribution in [3.8, 4) is 23.6 Å². The first-order valence-electron chi connectivity index (χ1n) is 8.59. The van der Waals surface area contributed by atoms with E-state index in [0.717, 1.165) is 5.39 Å². The second-order valence-corrected chi connectivity index (χ2v) is 5.66. The molecule has 1 heterocycles. The fourth-order valence-corrected chi connectivity index (χ4v) is 2.77. The summed E-state index contributed by atoms with van der Waals surface area (Å²) >= 11 is 0. The van der Waals surface area contributed by atoms with Crippen molar-refractivity contribution in [2.24, 2.45) is 0 Å². The van der Waals surface area contributed by atoms with Gasteiger partial charge in [0.1, 0.15) is 6.07 Å². The van der Waals surface area contributed by atoms with Crippen molar-refractivity contribution in [3.63, 3.8) is 0 Å². The summed E-state index contributed by atoms with van der Waals surface area (Å²) in [5.41, 5.74) is 2.94. The maximum Gasteiger partial charge on any atom is 0.163 e. The van der Waals surface area contributed by atoms with Gasteiger partial charge in [0.15, 0.2) is 11.5 Å². The Bertz CT molecular complexity index is 1060. The SMILES string of the molecule is CCOc1cc2ncc(C#N)c(Nc3cccc(C#N)c3)c2cc1OCC.